The van der Waals surface area contributed by atoms with E-state index in [1.54, 1.807) is 0 Å². The largest absolute Gasteiger partial charge is 0.338 e. The van der Waals surface area contributed by atoms with Crippen LogP contribution < -0.4 is 10.6 Å². The zero-order valence-corrected chi connectivity index (χ0v) is 15.8. The van der Waals surface area contributed by atoms with Crippen molar-refractivity contribution in [3.63, 3.8) is 0 Å². The maximum Gasteiger partial charge on any atom is 0.317 e. The summed E-state index contributed by atoms with van der Waals surface area (Å²) < 4.78 is 0. The van der Waals surface area contributed by atoms with E-state index in [9.17, 15) is 9.59 Å². The molecule has 27 heavy (non-hydrogen) atoms. The Bertz CT molecular complexity index is 751. The van der Waals surface area contributed by atoms with Gasteiger partial charge in [-0.2, -0.15) is 0 Å². The predicted molar refractivity (Wildman–Crippen MR) is 108 cm³/mol. The van der Waals surface area contributed by atoms with Gasteiger partial charge in [0, 0.05) is 32.2 Å². The third-order valence-corrected chi connectivity index (χ3v) is 5.02. The Balaban J connectivity index is 1.39. The summed E-state index contributed by atoms with van der Waals surface area (Å²) in [7, 11) is 0. The Kier molecular flexibility index (Phi) is 6.47. The van der Waals surface area contributed by atoms with E-state index in [1.807, 2.05) is 35.2 Å². The van der Waals surface area contributed by atoms with Crippen molar-refractivity contribution in [3.8, 4) is 0 Å². The molecule has 5 nitrogen and oxygen atoms in total. The molecule has 1 aliphatic rings. The van der Waals surface area contributed by atoms with Gasteiger partial charge in [-0.15, -0.1) is 0 Å². The molecule has 0 aromatic heterocycles. The number of carbonyl (C=O) groups excluding carboxylic acids is 2. The standard InChI is InChI=1S/C22H27N3O2/c1-17(26)24-21-9-7-18(8-10-21)11-14-23-22(27)25-15-12-20(13-16-25)19-5-3-2-4-6-19/h2-10,20H,11-16H2,1H3,(H,23,27)(H,24,26). The van der Waals surface area contributed by atoms with E-state index in [0.717, 1.165) is 43.6 Å². The Hall–Kier alpha value is -2.82. The lowest BCUT2D eigenvalue weighted by Crippen LogP contribution is -2.44. The van der Waals surface area contributed by atoms with Crippen LogP contribution >= 0.6 is 0 Å². The first-order valence-electron chi connectivity index (χ1n) is 9.56. The van der Waals surface area contributed by atoms with E-state index < -0.39 is 0 Å². The van der Waals surface area contributed by atoms with Crippen molar-refractivity contribution in [3.05, 3.63) is 65.7 Å². The number of piperidine rings is 1. The number of nitrogens with one attached hydrogen (secondary N) is 2. The lowest BCUT2D eigenvalue weighted by Gasteiger charge is -2.32. The lowest BCUT2D eigenvalue weighted by molar-refractivity contribution is -0.114. The van der Waals surface area contributed by atoms with E-state index in [0.29, 0.717) is 12.5 Å². The average Bonchev–Trinajstić information content (AvgIpc) is 2.69. The number of benzene rings is 2. The zero-order valence-electron chi connectivity index (χ0n) is 15.8. The van der Waals surface area contributed by atoms with Crippen LogP contribution in [-0.4, -0.2) is 36.5 Å². The van der Waals surface area contributed by atoms with Gasteiger partial charge in [0.1, 0.15) is 0 Å². The molecule has 142 valence electrons. The monoisotopic (exact) mass is 365 g/mol. The van der Waals surface area contributed by atoms with Gasteiger partial charge in [0.25, 0.3) is 0 Å². The number of urea groups is 1. The SMILES string of the molecule is CC(=O)Nc1ccc(CCNC(=O)N2CCC(c3ccccc3)CC2)cc1. The van der Waals surface area contributed by atoms with Gasteiger partial charge in [-0.25, -0.2) is 4.79 Å². The summed E-state index contributed by atoms with van der Waals surface area (Å²) in [6.45, 7) is 3.71. The second-order valence-electron chi connectivity index (χ2n) is 7.03. The molecular weight excluding hydrogens is 338 g/mol. The van der Waals surface area contributed by atoms with E-state index in [4.69, 9.17) is 0 Å². The number of hydrogen-bond acceptors (Lipinski definition) is 2. The third kappa shape index (κ3) is 5.58. The second kappa shape index (κ2) is 9.21. The summed E-state index contributed by atoms with van der Waals surface area (Å²) in [5.41, 5.74) is 3.30. The molecule has 1 aliphatic heterocycles. The van der Waals surface area contributed by atoms with Crippen molar-refractivity contribution in [1.29, 1.82) is 0 Å². The molecule has 5 heteroatoms. The maximum absolute atomic E-state index is 12.4. The second-order valence-corrected chi connectivity index (χ2v) is 7.03. The van der Waals surface area contributed by atoms with Crippen LogP contribution in [0.25, 0.3) is 0 Å². The minimum atomic E-state index is -0.0777. The highest BCUT2D eigenvalue weighted by molar-refractivity contribution is 5.88. The third-order valence-electron chi connectivity index (χ3n) is 5.02. The molecule has 0 radical (unpaired) electrons. The van der Waals surface area contributed by atoms with Gasteiger partial charge in [-0.05, 0) is 48.4 Å². The van der Waals surface area contributed by atoms with Gasteiger partial charge in [0.05, 0.1) is 0 Å². The smallest absolute Gasteiger partial charge is 0.317 e. The molecule has 1 fully saturated rings. The first-order chi connectivity index (χ1) is 13.1. The van der Waals surface area contributed by atoms with Crippen LogP contribution in [0.1, 0.15) is 36.8 Å². The van der Waals surface area contributed by atoms with E-state index in [-0.39, 0.29) is 11.9 Å². The number of carbonyl (C=O) groups is 2. The molecule has 1 heterocycles. The summed E-state index contributed by atoms with van der Waals surface area (Å²) in [5.74, 6) is 0.475. The number of likely N-dealkylation sites (tertiary alicyclic amines) is 1. The van der Waals surface area contributed by atoms with Crippen LogP contribution in [0.4, 0.5) is 10.5 Å². The summed E-state index contributed by atoms with van der Waals surface area (Å²) in [5, 5.41) is 5.77. The molecule has 2 N–H and O–H groups in total. The molecule has 0 unspecified atom stereocenters. The average molecular weight is 365 g/mol. The van der Waals surface area contributed by atoms with E-state index in [1.165, 1.54) is 12.5 Å². The Morgan fingerprint density at radius 2 is 1.67 bits per heavy atom. The van der Waals surface area contributed by atoms with Crippen LogP contribution in [0.15, 0.2) is 54.6 Å². The highest BCUT2D eigenvalue weighted by Crippen LogP contribution is 2.27. The fourth-order valence-electron chi connectivity index (χ4n) is 3.52. The Morgan fingerprint density at radius 3 is 2.30 bits per heavy atom. The molecule has 3 amide bonds. The number of rotatable bonds is 5. The Labute approximate surface area is 160 Å². The number of amides is 3. The number of nitrogens with zero attached hydrogens (tertiary/aromatic N) is 1. The fourth-order valence-corrected chi connectivity index (χ4v) is 3.52. The minimum absolute atomic E-state index is 0.0244. The first kappa shape index (κ1) is 19.0. The van der Waals surface area contributed by atoms with Gasteiger partial charge in [0.15, 0.2) is 0 Å². The summed E-state index contributed by atoms with van der Waals surface area (Å²) in [6, 6.07) is 18.3. The highest BCUT2D eigenvalue weighted by Gasteiger charge is 2.23. The predicted octanol–water partition coefficient (Wildman–Crippen LogP) is 3.78. The number of hydrogen-bond donors (Lipinski definition) is 2. The fraction of sp³-hybridized carbons (Fsp3) is 0.364. The maximum atomic E-state index is 12.4. The first-order valence-corrected chi connectivity index (χ1v) is 9.56. The van der Waals surface area contributed by atoms with Crippen LogP contribution in [0.5, 0.6) is 0 Å². The van der Waals surface area contributed by atoms with Crippen molar-refractivity contribution >= 4 is 17.6 Å². The van der Waals surface area contributed by atoms with Crippen LogP contribution in [-0.2, 0) is 11.2 Å². The minimum Gasteiger partial charge on any atom is -0.338 e. The van der Waals surface area contributed by atoms with Gasteiger partial charge in [0.2, 0.25) is 5.91 Å². The van der Waals surface area contributed by atoms with Crippen molar-refractivity contribution in [2.45, 2.75) is 32.1 Å². The molecule has 0 saturated carbocycles. The molecule has 2 aromatic rings. The molecule has 3 rings (SSSR count). The van der Waals surface area contributed by atoms with Crippen molar-refractivity contribution in [2.24, 2.45) is 0 Å². The zero-order chi connectivity index (χ0) is 19.1. The van der Waals surface area contributed by atoms with Gasteiger partial charge < -0.3 is 15.5 Å². The van der Waals surface area contributed by atoms with E-state index in [2.05, 4.69) is 34.9 Å². The molecule has 0 bridgehead atoms. The number of anilines is 1. The van der Waals surface area contributed by atoms with Crippen LogP contribution in [0.2, 0.25) is 0 Å². The van der Waals surface area contributed by atoms with Crippen LogP contribution in [0.3, 0.4) is 0 Å². The molecular formula is C22H27N3O2. The molecule has 0 spiro atoms. The summed E-state index contributed by atoms with van der Waals surface area (Å²) >= 11 is 0. The van der Waals surface area contributed by atoms with Crippen molar-refractivity contribution in [2.75, 3.05) is 25.0 Å². The lowest BCUT2D eigenvalue weighted by atomic mass is 9.90. The highest BCUT2D eigenvalue weighted by atomic mass is 16.2. The van der Waals surface area contributed by atoms with Crippen LogP contribution in [0, 0.1) is 0 Å². The quantitative estimate of drug-likeness (QED) is 0.847. The summed E-state index contributed by atoms with van der Waals surface area (Å²) in [4.78, 5) is 25.3. The Morgan fingerprint density at radius 1 is 1.00 bits per heavy atom. The van der Waals surface area contributed by atoms with Crippen molar-refractivity contribution < 1.29 is 9.59 Å². The van der Waals surface area contributed by atoms with Crippen molar-refractivity contribution in [1.82, 2.24) is 10.2 Å². The normalized spacial score (nSPS) is 14.6. The topological polar surface area (TPSA) is 61.4 Å². The molecule has 2 aromatic carbocycles. The van der Waals surface area contributed by atoms with Gasteiger partial charge >= 0.3 is 6.03 Å². The van der Waals surface area contributed by atoms with Gasteiger partial charge in [-0.1, -0.05) is 42.5 Å². The molecule has 1 saturated heterocycles. The van der Waals surface area contributed by atoms with E-state index >= 15 is 0 Å². The molecule has 0 aliphatic carbocycles. The molecule has 0 atom stereocenters. The van der Waals surface area contributed by atoms with Gasteiger partial charge in [-0.3, -0.25) is 4.79 Å². The summed E-state index contributed by atoms with van der Waals surface area (Å²) in [6.07, 6.45) is 2.80.